The molecule has 2 aliphatic heterocycles. The SMILES string of the molecule is Cc1ccc(Br)cc1C1(CC2CCNC2)COC1. The number of rotatable bonds is 3. The van der Waals surface area contributed by atoms with Crippen LogP contribution >= 0.6 is 15.9 Å². The van der Waals surface area contributed by atoms with Crippen molar-refractivity contribution in [1.29, 1.82) is 0 Å². The molecular formula is C15H20BrNO. The van der Waals surface area contributed by atoms with Crippen LogP contribution in [0, 0.1) is 12.8 Å². The fourth-order valence-electron chi connectivity index (χ4n) is 3.34. The lowest BCUT2D eigenvalue weighted by atomic mass is 9.70. The van der Waals surface area contributed by atoms with Crippen molar-refractivity contribution in [3.8, 4) is 0 Å². The minimum Gasteiger partial charge on any atom is -0.379 e. The summed E-state index contributed by atoms with van der Waals surface area (Å²) in [6, 6.07) is 6.63. The molecule has 2 fully saturated rings. The van der Waals surface area contributed by atoms with Gasteiger partial charge in [-0.3, -0.25) is 0 Å². The van der Waals surface area contributed by atoms with Gasteiger partial charge in [-0.25, -0.2) is 0 Å². The normalized spacial score (nSPS) is 26.0. The molecule has 1 N–H and O–H groups in total. The summed E-state index contributed by atoms with van der Waals surface area (Å²) in [6.45, 7) is 6.35. The van der Waals surface area contributed by atoms with Crippen LogP contribution in [0.5, 0.6) is 0 Å². The van der Waals surface area contributed by atoms with E-state index in [2.05, 4.69) is 46.4 Å². The van der Waals surface area contributed by atoms with E-state index in [4.69, 9.17) is 4.74 Å². The monoisotopic (exact) mass is 309 g/mol. The van der Waals surface area contributed by atoms with Crippen LogP contribution in [-0.4, -0.2) is 26.3 Å². The Bertz CT molecular complexity index is 436. The molecule has 0 aromatic heterocycles. The highest BCUT2D eigenvalue weighted by atomic mass is 79.9. The lowest BCUT2D eigenvalue weighted by Crippen LogP contribution is -2.48. The Labute approximate surface area is 117 Å². The molecule has 0 amide bonds. The van der Waals surface area contributed by atoms with E-state index >= 15 is 0 Å². The third-order valence-electron chi connectivity index (χ3n) is 4.37. The highest BCUT2D eigenvalue weighted by molar-refractivity contribution is 9.10. The third-order valence-corrected chi connectivity index (χ3v) is 4.86. The zero-order chi connectivity index (χ0) is 12.6. The number of ether oxygens (including phenoxy) is 1. The molecule has 1 atom stereocenters. The fraction of sp³-hybridized carbons (Fsp3) is 0.600. The van der Waals surface area contributed by atoms with Crippen LogP contribution in [0.15, 0.2) is 22.7 Å². The lowest BCUT2D eigenvalue weighted by molar-refractivity contribution is -0.0708. The number of nitrogens with one attached hydrogen (secondary N) is 1. The Morgan fingerprint density at radius 1 is 1.44 bits per heavy atom. The van der Waals surface area contributed by atoms with E-state index in [1.54, 1.807) is 0 Å². The van der Waals surface area contributed by atoms with E-state index in [1.807, 2.05) is 0 Å². The number of hydrogen-bond acceptors (Lipinski definition) is 2. The first kappa shape index (κ1) is 12.6. The molecule has 3 heteroatoms. The largest absolute Gasteiger partial charge is 0.379 e. The summed E-state index contributed by atoms with van der Waals surface area (Å²) < 4.78 is 6.74. The van der Waals surface area contributed by atoms with Gasteiger partial charge in [0.2, 0.25) is 0 Å². The van der Waals surface area contributed by atoms with E-state index in [-0.39, 0.29) is 5.41 Å². The van der Waals surface area contributed by atoms with Crippen LogP contribution in [0.2, 0.25) is 0 Å². The van der Waals surface area contributed by atoms with Crippen molar-refractivity contribution >= 4 is 15.9 Å². The molecule has 2 nitrogen and oxygen atoms in total. The highest BCUT2D eigenvalue weighted by Gasteiger charge is 2.43. The average molecular weight is 310 g/mol. The van der Waals surface area contributed by atoms with Gasteiger partial charge in [0, 0.05) is 9.89 Å². The van der Waals surface area contributed by atoms with Crippen molar-refractivity contribution in [2.75, 3.05) is 26.3 Å². The van der Waals surface area contributed by atoms with Gasteiger partial charge in [0.25, 0.3) is 0 Å². The molecule has 2 heterocycles. The van der Waals surface area contributed by atoms with Gasteiger partial charge in [0.05, 0.1) is 13.2 Å². The molecule has 98 valence electrons. The molecule has 2 saturated heterocycles. The van der Waals surface area contributed by atoms with Crippen LogP contribution in [0.4, 0.5) is 0 Å². The molecule has 1 unspecified atom stereocenters. The van der Waals surface area contributed by atoms with Crippen molar-refractivity contribution in [3.63, 3.8) is 0 Å². The van der Waals surface area contributed by atoms with Crippen molar-refractivity contribution in [3.05, 3.63) is 33.8 Å². The minimum absolute atomic E-state index is 0.268. The van der Waals surface area contributed by atoms with Gasteiger partial charge in [-0.1, -0.05) is 22.0 Å². The smallest absolute Gasteiger partial charge is 0.0585 e. The number of benzene rings is 1. The van der Waals surface area contributed by atoms with E-state index in [0.717, 1.165) is 19.1 Å². The predicted octanol–water partition coefficient (Wildman–Crippen LogP) is 3.03. The fourth-order valence-corrected chi connectivity index (χ4v) is 3.70. The number of aryl methyl sites for hydroxylation is 1. The topological polar surface area (TPSA) is 21.3 Å². The summed E-state index contributed by atoms with van der Waals surface area (Å²) in [5.74, 6) is 0.812. The molecule has 2 aliphatic rings. The third kappa shape index (κ3) is 2.24. The van der Waals surface area contributed by atoms with Crippen LogP contribution < -0.4 is 5.32 Å². The molecule has 1 aromatic rings. The quantitative estimate of drug-likeness (QED) is 0.926. The maximum absolute atomic E-state index is 5.56. The Hall–Kier alpha value is -0.380. The first-order chi connectivity index (χ1) is 8.70. The van der Waals surface area contributed by atoms with Gasteiger partial charge in [0.1, 0.15) is 0 Å². The molecule has 3 rings (SSSR count). The Kier molecular flexibility index (Phi) is 3.48. The standard InChI is InChI=1S/C15H20BrNO/c1-11-2-3-13(16)6-14(11)15(9-18-10-15)7-12-4-5-17-8-12/h2-3,6,12,17H,4-5,7-10H2,1H3. The van der Waals surface area contributed by atoms with Crippen molar-refractivity contribution in [2.45, 2.75) is 25.2 Å². The molecule has 0 aliphatic carbocycles. The molecule has 1 aromatic carbocycles. The Balaban J connectivity index is 1.87. The summed E-state index contributed by atoms with van der Waals surface area (Å²) in [6.07, 6.45) is 2.58. The summed E-state index contributed by atoms with van der Waals surface area (Å²) in [5, 5.41) is 3.47. The number of hydrogen-bond donors (Lipinski definition) is 1. The van der Waals surface area contributed by atoms with E-state index in [0.29, 0.717) is 0 Å². The minimum atomic E-state index is 0.268. The molecular weight excluding hydrogens is 290 g/mol. The molecule has 0 spiro atoms. The van der Waals surface area contributed by atoms with Crippen LogP contribution in [0.3, 0.4) is 0 Å². The second-order valence-electron chi connectivity index (χ2n) is 5.80. The van der Waals surface area contributed by atoms with Gasteiger partial charge >= 0.3 is 0 Å². The first-order valence-electron chi connectivity index (χ1n) is 6.75. The second-order valence-corrected chi connectivity index (χ2v) is 6.71. The lowest BCUT2D eigenvalue weighted by Gasteiger charge is -2.44. The van der Waals surface area contributed by atoms with E-state index in [9.17, 15) is 0 Å². The first-order valence-corrected chi connectivity index (χ1v) is 7.54. The maximum Gasteiger partial charge on any atom is 0.0585 e. The van der Waals surface area contributed by atoms with Gasteiger partial charge in [-0.2, -0.15) is 0 Å². The van der Waals surface area contributed by atoms with E-state index in [1.165, 1.54) is 41.5 Å². The molecule has 0 saturated carbocycles. The molecule has 18 heavy (non-hydrogen) atoms. The zero-order valence-corrected chi connectivity index (χ0v) is 12.4. The summed E-state index contributed by atoms with van der Waals surface area (Å²) in [4.78, 5) is 0. The highest BCUT2D eigenvalue weighted by Crippen LogP contribution is 2.41. The van der Waals surface area contributed by atoms with Crippen molar-refractivity contribution in [1.82, 2.24) is 5.32 Å². The van der Waals surface area contributed by atoms with Crippen LogP contribution in [0.1, 0.15) is 24.0 Å². The number of halogens is 1. The average Bonchev–Trinajstić information content (AvgIpc) is 2.80. The zero-order valence-electron chi connectivity index (χ0n) is 10.8. The molecule has 0 bridgehead atoms. The molecule has 0 radical (unpaired) electrons. The van der Waals surface area contributed by atoms with Crippen molar-refractivity contribution < 1.29 is 4.74 Å². The Morgan fingerprint density at radius 3 is 2.89 bits per heavy atom. The predicted molar refractivity (Wildman–Crippen MR) is 77.0 cm³/mol. The van der Waals surface area contributed by atoms with Crippen LogP contribution in [-0.2, 0) is 10.2 Å². The summed E-state index contributed by atoms with van der Waals surface area (Å²) in [5.41, 5.74) is 3.15. The van der Waals surface area contributed by atoms with Gasteiger partial charge in [-0.15, -0.1) is 0 Å². The van der Waals surface area contributed by atoms with Gasteiger partial charge < -0.3 is 10.1 Å². The van der Waals surface area contributed by atoms with Crippen LogP contribution in [0.25, 0.3) is 0 Å². The van der Waals surface area contributed by atoms with Gasteiger partial charge in [0.15, 0.2) is 0 Å². The summed E-state index contributed by atoms with van der Waals surface area (Å²) in [7, 11) is 0. The maximum atomic E-state index is 5.56. The van der Waals surface area contributed by atoms with Crippen molar-refractivity contribution in [2.24, 2.45) is 5.92 Å². The van der Waals surface area contributed by atoms with Gasteiger partial charge in [-0.05, 0) is 62.0 Å². The second kappa shape index (κ2) is 4.95. The summed E-state index contributed by atoms with van der Waals surface area (Å²) >= 11 is 3.60. The van der Waals surface area contributed by atoms with E-state index < -0.39 is 0 Å². The Morgan fingerprint density at radius 2 is 2.28 bits per heavy atom.